The van der Waals surface area contributed by atoms with Gasteiger partial charge in [-0.15, -0.1) is 0 Å². The van der Waals surface area contributed by atoms with E-state index in [0.717, 1.165) is 13.0 Å². The number of hydrogen-bond donors (Lipinski definition) is 2. The Balaban J connectivity index is 2.13. The highest BCUT2D eigenvalue weighted by Crippen LogP contribution is 2.11. The van der Waals surface area contributed by atoms with Crippen molar-refractivity contribution in [3.8, 4) is 0 Å². The van der Waals surface area contributed by atoms with E-state index in [0.29, 0.717) is 6.04 Å². The van der Waals surface area contributed by atoms with Crippen molar-refractivity contribution in [3.05, 3.63) is 0 Å². The summed E-state index contributed by atoms with van der Waals surface area (Å²) in [6, 6.07) is 0.578. The van der Waals surface area contributed by atoms with Crippen LogP contribution in [0.4, 0.5) is 0 Å². The van der Waals surface area contributed by atoms with E-state index in [-0.39, 0.29) is 6.10 Å². The molecule has 0 aromatic heterocycles. The number of hydrogen-bond acceptors (Lipinski definition) is 2. The smallest absolute Gasteiger partial charge is 0.0526 e. The Morgan fingerprint density at radius 3 is 2.90 bits per heavy atom. The largest absolute Gasteiger partial charge is 0.393 e. The molecule has 1 saturated heterocycles. The van der Waals surface area contributed by atoms with Gasteiger partial charge in [-0.25, -0.2) is 0 Å². The SMILES string of the molecule is C[C@@H](O)C[C@@H]1CCCCN1. The van der Waals surface area contributed by atoms with Crippen LogP contribution in [-0.4, -0.2) is 23.8 Å². The lowest BCUT2D eigenvalue weighted by atomic mass is 10.00. The molecule has 1 rings (SSSR count). The van der Waals surface area contributed by atoms with Gasteiger partial charge in [-0.1, -0.05) is 6.42 Å². The lowest BCUT2D eigenvalue weighted by Gasteiger charge is -2.24. The summed E-state index contributed by atoms with van der Waals surface area (Å²) in [7, 11) is 0. The highest BCUT2D eigenvalue weighted by atomic mass is 16.3. The van der Waals surface area contributed by atoms with Crippen LogP contribution in [0.25, 0.3) is 0 Å². The molecule has 0 aromatic rings. The monoisotopic (exact) mass is 143 g/mol. The predicted octanol–water partition coefficient (Wildman–Crippen LogP) is 0.899. The van der Waals surface area contributed by atoms with Gasteiger partial charge >= 0.3 is 0 Å². The van der Waals surface area contributed by atoms with Crippen LogP contribution >= 0.6 is 0 Å². The van der Waals surface area contributed by atoms with Crippen molar-refractivity contribution in [1.82, 2.24) is 5.32 Å². The van der Waals surface area contributed by atoms with Crippen molar-refractivity contribution in [2.45, 2.75) is 44.8 Å². The van der Waals surface area contributed by atoms with Crippen molar-refractivity contribution in [3.63, 3.8) is 0 Å². The van der Waals surface area contributed by atoms with E-state index in [1.165, 1.54) is 19.3 Å². The Morgan fingerprint density at radius 2 is 2.40 bits per heavy atom. The number of aliphatic hydroxyl groups excluding tert-OH is 1. The molecule has 0 radical (unpaired) electrons. The van der Waals surface area contributed by atoms with E-state index < -0.39 is 0 Å². The first-order valence-corrected chi connectivity index (χ1v) is 4.20. The number of rotatable bonds is 2. The van der Waals surface area contributed by atoms with E-state index in [4.69, 9.17) is 5.11 Å². The highest BCUT2D eigenvalue weighted by Gasteiger charge is 2.13. The summed E-state index contributed by atoms with van der Waals surface area (Å²) in [5.74, 6) is 0. The first kappa shape index (κ1) is 8.02. The zero-order valence-corrected chi connectivity index (χ0v) is 6.64. The molecule has 0 aliphatic carbocycles. The highest BCUT2D eigenvalue weighted by molar-refractivity contribution is 4.73. The zero-order chi connectivity index (χ0) is 7.40. The molecule has 0 bridgehead atoms. The molecule has 1 heterocycles. The van der Waals surface area contributed by atoms with Crippen LogP contribution in [0.15, 0.2) is 0 Å². The molecular formula is C8H17NO. The van der Waals surface area contributed by atoms with Crippen molar-refractivity contribution in [1.29, 1.82) is 0 Å². The van der Waals surface area contributed by atoms with Crippen molar-refractivity contribution in [2.75, 3.05) is 6.54 Å². The van der Waals surface area contributed by atoms with Gasteiger partial charge in [-0.05, 0) is 32.7 Å². The Kier molecular flexibility index (Phi) is 3.16. The van der Waals surface area contributed by atoms with Gasteiger partial charge < -0.3 is 10.4 Å². The summed E-state index contributed by atoms with van der Waals surface area (Å²) in [6.45, 7) is 2.99. The van der Waals surface area contributed by atoms with Gasteiger partial charge in [-0.3, -0.25) is 0 Å². The Labute approximate surface area is 62.6 Å². The normalized spacial score (nSPS) is 30.0. The first-order valence-electron chi connectivity index (χ1n) is 4.20. The fourth-order valence-corrected chi connectivity index (χ4v) is 1.54. The molecule has 60 valence electrons. The molecule has 2 nitrogen and oxygen atoms in total. The molecule has 0 unspecified atom stereocenters. The third kappa shape index (κ3) is 2.67. The van der Waals surface area contributed by atoms with Gasteiger partial charge in [0.2, 0.25) is 0 Å². The summed E-state index contributed by atoms with van der Waals surface area (Å²) in [5, 5.41) is 12.5. The molecule has 1 fully saturated rings. The van der Waals surface area contributed by atoms with Gasteiger partial charge in [0.25, 0.3) is 0 Å². The molecular weight excluding hydrogens is 126 g/mol. The third-order valence-corrected chi connectivity index (χ3v) is 2.04. The van der Waals surface area contributed by atoms with Gasteiger partial charge in [0.15, 0.2) is 0 Å². The molecule has 2 atom stereocenters. The number of piperidine rings is 1. The van der Waals surface area contributed by atoms with E-state index in [2.05, 4.69) is 5.32 Å². The second kappa shape index (κ2) is 3.94. The van der Waals surface area contributed by atoms with E-state index in [9.17, 15) is 0 Å². The van der Waals surface area contributed by atoms with Gasteiger partial charge in [0.05, 0.1) is 6.10 Å². The topological polar surface area (TPSA) is 32.3 Å². The Hall–Kier alpha value is -0.0800. The molecule has 10 heavy (non-hydrogen) atoms. The van der Waals surface area contributed by atoms with Crippen LogP contribution < -0.4 is 5.32 Å². The van der Waals surface area contributed by atoms with Crippen LogP contribution in [0.2, 0.25) is 0 Å². The van der Waals surface area contributed by atoms with Crippen molar-refractivity contribution < 1.29 is 5.11 Å². The fourth-order valence-electron chi connectivity index (χ4n) is 1.54. The van der Waals surface area contributed by atoms with E-state index in [1.54, 1.807) is 0 Å². The molecule has 0 saturated carbocycles. The molecule has 0 aromatic carbocycles. The molecule has 1 aliphatic heterocycles. The lowest BCUT2D eigenvalue weighted by molar-refractivity contribution is 0.160. The Bertz CT molecular complexity index is 87.3. The maximum absolute atomic E-state index is 9.06. The zero-order valence-electron chi connectivity index (χ0n) is 6.64. The van der Waals surface area contributed by atoms with Crippen molar-refractivity contribution in [2.24, 2.45) is 0 Å². The van der Waals surface area contributed by atoms with Crippen LogP contribution in [0, 0.1) is 0 Å². The van der Waals surface area contributed by atoms with E-state index in [1.807, 2.05) is 6.92 Å². The minimum absolute atomic E-state index is 0.143. The maximum Gasteiger partial charge on any atom is 0.0526 e. The quantitative estimate of drug-likeness (QED) is 0.602. The summed E-state index contributed by atoms with van der Waals surface area (Å²) in [5.41, 5.74) is 0. The van der Waals surface area contributed by atoms with Crippen LogP contribution in [0.5, 0.6) is 0 Å². The van der Waals surface area contributed by atoms with Crippen LogP contribution in [0.3, 0.4) is 0 Å². The second-order valence-electron chi connectivity index (χ2n) is 3.23. The minimum atomic E-state index is -0.143. The van der Waals surface area contributed by atoms with Gasteiger partial charge in [0.1, 0.15) is 0 Å². The van der Waals surface area contributed by atoms with Crippen LogP contribution in [0.1, 0.15) is 32.6 Å². The molecule has 2 N–H and O–H groups in total. The molecule has 2 heteroatoms. The summed E-state index contributed by atoms with van der Waals surface area (Å²) >= 11 is 0. The Morgan fingerprint density at radius 1 is 1.60 bits per heavy atom. The van der Waals surface area contributed by atoms with Gasteiger partial charge in [-0.2, -0.15) is 0 Å². The second-order valence-corrected chi connectivity index (χ2v) is 3.23. The van der Waals surface area contributed by atoms with E-state index >= 15 is 0 Å². The molecule has 1 aliphatic rings. The van der Waals surface area contributed by atoms with Crippen LogP contribution in [-0.2, 0) is 0 Å². The summed E-state index contributed by atoms with van der Waals surface area (Å²) < 4.78 is 0. The summed E-state index contributed by atoms with van der Waals surface area (Å²) in [4.78, 5) is 0. The fraction of sp³-hybridized carbons (Fsp3) is 1.00. The predicted molar refractivity (Wildman–Crippen MR) is 41.9 cm³/mol. The molecule has 0 amide bonds. The average molecular weight is 143 g/mol. The number of nitrogens with one attached hydrogen (secondary N) is 1. The first-order chi connectivity index (χ1) is 4.79. The van der Waals surface area contributed by atoms with Gasteiger partial charge in [0, 0.05) is 6.04 Å². The average Bonchev–Trinajstić information content (AvgIpc) is 1.88. The third-order valence-electron chi connectivity index (χ3n) is 2.04. The number of aliphatic hydroxyl groups is 1. The molecule has 0 spiro atoms. The minimum Gasteiger partial charge on any atom is -0.393 e. The lowest BCUT2D eigenvalue weighted by Crippen LogP contribution is -2.36. The standard InChI is InChI=1S/C8H17NO/c1-7(10)6-8-4-2-3-5-9-8/h7-10H,2-6H2,1H3/t7-,8+/m1/s1. The summed E-state index contributed by atoms with van der Waals surface area (Å²) in [6.07, 6.45) is 4.64. The maximum atomic E-state index is 9.06. The van der Waals surface area contributed by atoms with Crippen molar-refractivity contribution >= 4 is 0 Å².